The Balaban J connectivity index is 2.42. The smallest absolute Gasteiger partial charge is 0.376 e. The molecule has 2 rings (SSSR count). The van der Waals surface area contributed by atoms with Crippen LogP contribution in [0.1, 0.15) is 34.3 Å². The monoisotopic (exact) mass is 259 g/mol. The van der Waals surface area contributed by atoms with Gasteiger partial charge in [-0.3, -0.25) is 0 Å². The molecule has 0 unspecified atom stereocenters. The van der Waals surface area contributed by atoms with E-state index in [-0.39, 0.29) is 5.76 Å². The fourth-order valence-electron chi connectivity index (χ4n) is 1.95. The van der Waals surface area contributed by atoms with Crippen molar-refractivity contribution in [3.63, 3.8) is 0 Å². The minimum absolute atomic E-state index is 0.178. The number of ether oxygens (including phenoxy) is 1. The Hall–Kier alpha value is -2.10. The van der Waals surface area contributed by atoms with Crippen molar-refractivity contribution >= 4 is 5.97 Å². The molecule has 0 aliphatic heterocycles. The van der Waals surface area contributed by atoms with Gasteiger partial charge in [-0.15, -0.1) is 0 Å². The molecule has 19 heavy (non-hydrogen) atoms. The largest absolute Gasteiger partial charge is 0.460 e. The number of oxazole rings is 1. The second kappa shape index (κ2) is 5.26. The van der Waals surface area contributed by atoms with Crippen molar-refractivity contribution in [3.8, 4) is 11.5 Å². The number of rotatable bonds is 3. The highest BCUT2D eigenvalue weighted by atomic mass is 16.5. The van der Waals surface area contributed by atoms with Crippen LogP contribution in [0.3, 0.4) is 0 Å². The van der Waals surface area contributed by atoms with E-state index in [9.17, 15) is 4.79 Å². The van der Waals surface area contributed by atoms with Gasteiger partial charge >= 0.3 is 5.97 Å². The number of aryl methyl sites for hydroxylation is 3. The minimum Gasteiger partial charge on any atom is -0.460 e. The Morgan fingerprint density at radius 2 is 2.05 bits per heavy atom. The molecule has 1 aromatic heterocycles. The van der Waals surface area contributed by atoms with Crippen LogP contribution in [0, 0.1) is 20.8 Å². The summed E-state index contributed by atoms with van der Waals surface area (Å²) in [4.78, 5) is 16.0. The average Bonchev–Trinajstić information content (AvgIpc) is 2.71. The lowest BCUT2D eigenvalue weighted by Gasteiger charge is -2.02. The van der Waals surface area contributed by atoms with Crippen LogP contribution in [0.2, 0.25) is 0 Å². The summed E-state index contributed by atoms with van der Waals surface area (Å²) in [5, 5.41) is 0. The van der Waals surface area contributed by atoms with Crippen LogP contribution >= 0.6 is 0 Å². The number of carbonyl (C=O) groups excluding carboxylic acids is 1. The second-order valence-corrected chi connectivity index (χ2v) is 4.47. The van der Waals surface area contributed by atoms with Gasteiger partial charge in [-0.05, 0) is 39.3 Å². The van der Waals surface area contributed by atoms with Gasteiger partial charge in [0.25, 0.3) is 0 Å². The Morgan fingerprint density at radius 1 is 1.32 bits per heavy atom. The Labute approximate surface area is 112 Å². The fourth-order valence-corrected chi connectivity index (χ4v) is 1.95. The summed E-state index contributed by atoms with van der Waals surface area (Å²) < 4.78 is 10.5. The van der Waals surface area contributed by atoms with Crippen LogP contribution in [0.5, 0.6) is 0 Å². The number of nitrogens with zero attached hydrogens (tertiary/aromatic N) is 1. The molecule has 0 fully saturated rings. The molecule has 0 N–H and O–H groups in total. The predicted octanol–water partition coefficient (Wildman–Crippen LogP) is 3.44. The number of hydrogen-bond acceptors (Lipinski definition) is 4. The summed E-state index contributed by atoms with van der Waals surface area (Å²) >= 11 is 0. The van der Waals surface area contributed by atoms with E-state index in [0.717, 1.165) is 11.1 Å². The van der Waals surface area contributed by atoms with Crippen molar-refractivity contribution in [2.75, 3.05) is 6.61 Å². The number of carbonyl (C=O) groups is 1. The summed E-state index contributed by atoms with van der Waals surface area (Å²) in [6.45, 7) is 7.84. The van der Waals surface area contributed by atoms with Crippen LogP contribution in [-0.4, -0.2) is 17.6 Å². The van der Waals surface area contributed by atoms with Gasteiger partial charge in [-0.1, -0.05) is 17.7 Å². The van der Waals surface area contributed by atoms with Gasteiger partial charge < -0.3 is 9.15 Å². The maximum Gasteiger partial charge on any atom is 0.376 e. The number of benzene rings is 1. The van der Waals surface area contributed by atoms with E-state index in [1.54, 1.807) is 13.8 Å². The van der Waals surface area contributed by atoms with E-state index >= 15 is 0 Å². The number of hydrogen-bond donors (Lipinski definition) is 0. The Kier molecular flexibility index (Phi) is 3.69. The van der Waals surface area contributed by atoms with E-state index < -0.39 is 5.97 Å². The maximum absolute atomic E-state index is 11.7. The molecule has 2 aromatic rings. The molecule has 0 aliphatic carbocycles. The third kappa shape index (κ3) is 2.67. The summed E-state index contributed by atoms with van der Waals surface area (Å²) in [5.41, 5.74) is 3.68. The molecule has 0 saturated heterocycles. The van der Waals surface area contributed by atoms with E-state index in [1.807, 2.05) is 26.0 Å². The number of esters is 1. The first-order valence-electron chi connectivity index (χ1n) is 6.25. The maximum atomic E-state index is 11.7. The first kappa shape index (κ1) is 13.3. The molecule has 0 bridgehead atoms. The van der Waals surface area contributed by atoms with Gasteiger partial charge in [0.05, 0.1) is 12.3 Å². The lowest BCUT2D eigenvalue weighted by Crippen LogP contribution is -2.04. The SMILES string of the molecule is CCOC(=O)c1oc(-c2ccc(C)cc2C)nc1C. The van der Waals surface area contributed by atoms with Crippen LogP contribution in [0.15, 0.2) is 22.6 Å². The topological polar surface area (TPSA) is 52.3 Å². The van der Waals surface area contributed by atoms with Gasteiger partial charge in [-0.25, -0.2) is 9.78 Å². The van der Waals surface area contributed by atoms with E-state index in [0.29, 0.717) is 18.2 Å². The standard InChI is InChI=1S/C15H17NO3/c1-5-18-15(17)13-11(4)16-14(19-13)12-7-6-9(2)8-10(12)3/h6-8H,5H2,1-4H3. The van der Waals surface area contributed by atoms with Crippen LogP contribution in [-0.2, 0) is 4.74 Å². The zero-order valence-corrected chi connectivity index (χ0v) is 11.6. The lowest BCUT2D eigenvalue weighted by molar-refractivity contribution is 0.0490. The third-order valence-corrected chi connectivity index (χ3v) is 2.87. The molecule has 4 heteroatoms. The highest BCUT2D eigenvalue weighted by Gasteiger charge is 2.19. The minimum atomic E-state index is -0.469. The lowest BCUT2D eigenvalue weighted by atomic mass is 10.1. The zero-order chi connectivity index (χ0) is 14.0. The van der Waals surface area contributed by atoms with Crippen molar-refractivity contribution in [2.24, 2.45) is 0 Å². The summed E-state index contributed by atoms with van der Waals surface area (Å²) in [7, 11) is 0. The second-order valence-electron chi connectivity index (χ2n) is 4.47. The molecule has 4 nitrogen and oxygen atoms in total. The Bertz CT molecular complexity index is 614. The van der Waals surface area contributed by atoms with Crippen molar-refractivity contribution in [1.29, 1.82) is 0 Å². The molecule has 1 aromatic carbocycles. The van der Waals surface area contributed by atoms with Gasteiger partial charge in [0.15, 0.2) is 0 Å². The fraction of sp³-hybridized carbons (Fsp3) is 0.333. The summed E-state index contributed by atoms with van der Waals surface area (Å²) in [5.74, 6) is 0.165. The Morgan fingerprint density at radius 3 is 2.68 bits per heavy atom. The predicted molar refractivity (Wildman–Crippen MR) is 72.1 cm³/mol. The number of aromatic nitrogens is 1. The van der Waals surface area contributed by atoms with E-state index in [4.69, 9.17) is 9.15 Å². The van der Waals surface area contributed by atoms with Crippen LogP contribution in [0.4, 0.5) is 0 Å². The highest BCUT2D eigenvalue weighted by Crippen LogP contribution is 2.26. The van der Waals surface area contributed by atoms with Gasteiger partial charge in [-0.2, -0.15) is 0 Å². The van der Waals surface area contributed by atoms with Crippen molar-refractivity contribution in [2.45, 2.75) is 27.7 Å². The molecule has 0 amide bonds. The third-order valence-electron chi connectivity index (χ3n) is 2.87. The quantitative estimate of drug-likeness (QED) is 0.792. The molecular formula is C15H17NO3. The zero-order valence-electron chi connectivity index (χ0n) is 11.6. The van der Waals surface area contributed by atoms with E-state index in [1.165, 1.54) is 5.56 Å². The summed E-state index contributed by atoms with van der Waals surface area (Å²) in [6, 6.07) is 6.00. The average molecular weight is 259 g/mol. The van der Waals surface area contributed by atoms with Crippen molar-refractivity contribution < 1.29 is 13.9 Å². The van der Waals surface area contributed by atoms with E-state index in [2.05, 4.69) is 11.1 Å². The van der Waals surface area contributed by atoms with Crippen LogP contribution < -0.4 is 0 Å². The molecule has 0 atom stereocenters. The van der Waals surface area contributed by atoms with Gasteiger partial charge in [0.1, 0.15) is 0 Å². The molecule has 100 valence electrons. The van der Waals surface area contributed by atoms with Gasteiger partial charge in [0.2, 0.25) is 11.7 Å². The molecule has 0 aliphatic rings. The molecule has 0 spiro atoms. The van der Waals surface area contributed by atoms with Gasteiger partial charge in [0, 0.05) is 5.56 Å². The summed E-state index contributed by atoms with van der Waals surface area (Å²) in [6.07, 6.45) is 0. The first-order chi connectivity index (χ1) is 9.02. The molecular weight excluding hydrogens is 242 g/mol. The van der Waals surface area contributed by atoms with Crippen molar-refractivity contribution in [1.82, 2.24) is 4.98 Å². The highest BCUT2D eigenvalue weighted by molar-refractivity contribution is 5.88. The van der Waals surface area contributed by atoms with Crippen molar-refractivity contribution in [3.05, 3.63) is 40.8 Å². The normalized spacial score (nSPS) is 10.5. The van der Waals surface area contributed by atoms with Crippen LogP contribution in [0.25, 0.3) is 11.5 Å². The molecule has 0 saturated carbocycles. The molecule has 0 radical (unpaired) electrons. The molecule has 1 heterocycles. The first-order valence-corrected chi connectivity index (χ1v) is 6.25.